The lowest BCUT2D eigenvalue weighted by molar-refractivity contribution is 0.0973. The quantitative estimate of drug-likeness (QED) is 0.601. The molecule has 1 atom stereocenters. The maximum Gasteiger partial charge on any atom is 0.173 e. The van der Waals surface area contributed by atoms with Gasteiger partial charge in [-0.3, -0.25) is 9.80 Å². The highest BCUT2D eigenvalue weighted by Crippen LogP contribution is 2.31. The van der Waals surface area contributed by atoms with E-state index in [-0.39, 0.29) is 11.6 Å². The summed E-state index contributed by atoms with van der Waals surface area (Å²) in [6.45, 7) is 11.7. The van der Waals surface area contributed by atoms with Crippen LogP contribution in [-0.4, -0.2) is 56.2 Å². The van der Waals surface area contributed by atoms with Gasteiger partial charge in [-0.25, -0.2) is 4.68 Å². The van der Waals surface area contributed by atoms with Crippen molar-refractivity contribution in [3.05, 3.63) is 77.6 Å². The fraction of sp³-hybridized carbons (Fsp3) is 0.458. The fourth-order valence-corrected chi connectivity index (χ4v) is 4.13. The van der Waals surface area contributed by atoms with E-state index < -0.39 is 0 Å². The SMILES string of the molecule is CCC(C)(C)n1nnnc1[C@H](c1ccccc1)N1CCN(Cc2ccccc2)CC1. The summed E-state index contributed by atoms with van der Waals surface area (Å²) in [6, 6.07) is 21.5. The Hall–Kier alpha value is -2.57. The topological polar surface area (TPSA) is 50.1 Å². The van der Waals surface area contributed by atoms with Crippen LogP contribution < -0.4 is 0 Å². The molecule has 0 bridgehead atoms. The molecule has 6 heteroatoms. The average molecular weight is 405 g/mol. The fourth-order valence-electron chi connectivity index (χ4n) is 4.13. The van der Waals surface area contributed by atoms with Crippen LogP contribution >= 0.6 is 0 Å². The number of piperazine rings is 1. The second kappa shape index (κ2) is 9.06. The van der Waals surface area contributed by atoms with Crippen LogP contribution in [0.25, 0.3) is 0 Å². The monoisotopic (exact) mass is 404 g/mol. The lowest BCUT2D eigenvalue weighted by atomic mass is 9.99. The molecule has 0 spiro atoms. The van der Waals surface area contributed by atoms with E-state index in [0.29, 0.717) is 0 Å². The molecule has 158 valence electrons. The van der Waals surface area contributed by atoms with Gasteiger partial charge in [-0.2, -0.15) is 0 Å². The zero-order valence-electron chi connectivity index (χ0n) is 18.3. The Kier molecular flexibility index (Phi) is 6.25. The summed E-state index contributed by atoms with van der Waals surface area (Å²) in [5.41, 5.74) is 2.50. The van der Waals surface area contributed by atoms with Crippen LogP contribution in [0, 0.1) is 0 Å². The normalized spacial score (nSPS) is 17.2. The summed E-state index contributed by atoms with van der Waals surface area (Å²) in [4.78, 5) is 5.07. The highest BCUT2D eigenvalue weighted by atomic mass is 15.6. The molecule has 3 aromatic rings. The molecule has 0 amide bonds. The minimum Gasteiger partial charge on any atom is -0.297 e. The standard InChI is InChI=1S/C24H32N6/c1-4-24(2,3)30-23(25-26-27-30)22(21-13-9-6-10-14-21)29-17-15-28(16-18-29)19-20-11-7-5-8-12-20/h5-14,22H,4,15-19H2,1-3H3/t22-/m0/s1. The van der Waals surface area contributed by atoms with Gasteiger partial charge in [0.05, 0.1) is 11.6 Å². The molecule has 6 nitrogen and oxygen atoms in total. The van der Waals surface area contributed by atoms with Gasteiger partial charge >= 0.3 is 0 Å². The van der Waals surface area contributed by atoms with Crippen LogP contribution in [0.3, 0.4) is 0 Å². The second-order valence-corrected chi connectivity index (χ2v) is 8.73. The van der Waals surface area contributed by atoms with E-state index in [1.165, 1.54) is 11.1 Å². The van der Waals surface area contributed by atoms with Gasteiger partial charge in [0.1, 0.15) is 0 Å². The highest BCUT2D eigenvalue weighted by Gasteiger charge is 2.33. The van der Waals surface area contributed by atoms with Gasteiger partial charge in [0.2, 0.25) is 0 Å². The van der Waals surface area contributed by atoms with E-state index in [1.807, 2.05) is 4.68 Å². The number of rotatable bonds is 7. The van der Waals surface area contributed by atoms with Gasteiger partial charge in [0.15, 0.2) is 5.82 Å². The Labute approximate surface area is 179 Å². The third kappa shape index (κ3) is 4.45. The van der Waals surface area contributed by atoms with Gasteiger partial charge in [-0.1, -0.05) is 67.6 Å². The highest BCUT2D eigenvalue weighted by molar-refractivity contribution is 5.25. The van der Waals surface area contributed by atoms with Crippen molar-refractivity contribution in [3.8, 4) is 0 Å². The van der Waals surface area contributed by atoms with Crippen LogP contribution in [0.1, 0.15) is 50.2 Å². The van der Waals surface area contributed by atoms with Crippen LogP contribution in [0.2, 0.25) is 0 Å². The van der Waals surface area contributed by atoms with Gasteiger partial charge < -0.3 is 0 Å². The smallest absolute Gasteiger partial charge is 0.173 e. The molecule has 1 aliphatic rings. The predicted octanol–water partition coefficient (Wildman–Crippen LogP) is 3.73. The minimum atomic E-state index is -0.124. The average Bonchev–Trinajstić information content (AvgIpc) is 3.27. The molecule has 2 heterocycles. The minimum absolute atomic E-state index is 0.0610. The Morgan fingerprint density at radius 2 is 1.53 bits per heavy atom. The van der Waals surface area contributed by atoms with Crippen molar-refractivity contribution in [3.63, 3.8) is 0 Å². The van der Waals surface area contributed by atoms with E-state index in [1.54, 1.807) is 0 Å². The van der Waals surface area contributed by atoms with Crippen molar-refractivity contribution < 1.29 is 0 Å². The van der Waals surface area contributed by atoms with Crippen molar-refractivity contribution in [2.24, 2.45) is 0 Å². The first-order chi connectivity index (χ1) is 14.6. The summed E-state index contributed by atoms with van der Waals surface area (Å²) < 4.78 is 2.03. The number of hydrogen-bond acceptors (Lipinski definition) is 5. The Morgan fingerprint density at radius 1 is 0.900 bits per heavy atom. The molecule has 0 radical (unpaired) electrons. The van der Waals surface area contributed by atoms with Gasteiger partial charge in [-0.05, 0) is 41.8 Å². The van der Waals surface area contributed by atoms with Crippen molar-refractivity contribution in [1.82, 2.24) is 30.0 Å². The Balaban J connectivity index is 1.56. The molecule has 4 rings (SSSR count). The summed E-state index contributed by atoms with van der Waals surface area (Å²) >= 11 is 0. The Bertz CT molecular complexity index is 913. The van der Waals surface area contributed by atoms with E-state index in [9.17, 15) is 0 Å². The largest absolute Gasteiger partial charge is 0.297 e. The van der Waals surface area contributed by atoms with Gasteiger partial charge in [0, 0.05) is 32.7 Å². The molecular weight excluding hydrogens is 372 g/mol. The zero-order valence-corrected chi connectivity index (χ0v) is 18.3. The number of benzene rings is 2. The van der Waals surface area contributed by atoms with E-state index in [0.717, 1.165) is 45.0 Å². The summed E-state index contributed by atoms with van der Waals surface area (Å²) in [5.74, 6) is 0.935. The lowest BCUT2D eigenvalue weighted by Crippen LogP contribution is -2.48. The van der Waals surface area contributed by atoms with Crippen molar-refractivity contribution in [2.45, 2.75) is 45.3 Å². The number of aromatic nitrogens is 4. The number of hydrogen-bond donors (Lipinski definition) is 0. The lowest BCUT2D eigenvalue weighted by Gasteiger charge is -2.39. The van der Waals surface area contributed by atoms with Crippen molar-refractivity contribution >= 4 is 0 Å². The molecule has 2 aromatic carbocycles. The second-order valence-electron chi connectivity index (χ2n) is 8.73. The molecule has 1 saturated heterocycles. The third-order valence-electron chi connectivity index (χ3n) is 6.31. The van der Waals surface area contributed by atoms with E-state index >= 15 is 0 Å². The van der Waals surface area contributed by atoms with Crippen LogP contribution in [0.4, 0.5) is 0 Å². The van der Waals surface area contributed by atoms with E-state index in [4.69, 9.17) is 0 Å². The summed E-state index contributed by atoms with van der Waals surface area (Å²) in [5, 5.41) is 13.0. The van der Waals surface area contributed by atoms with Crippen LogP contribution in [0.5, 0.6) is 0 Å². The third-order valence-corrected chi connectivity index (χ3v) is 6.31. The molecular formula is C24H32N6. The Morgan fingerprint density at radius 3 is 2.17 bits per heavy atom. The summed E-state index contributed by atoms with van der Waals surface area (Å²) in [6.07, 6.45) is 0.970. The van der Waals surface area contributed by atoms with Crippen LogP contribution in [-0.2, 0) is 12.1 Å². The maximum absolute atomic E-state index is 4.52. The molecule has 1 aromatic heterocycles. The van der Waals surface area contributed by atoms with Gasteiger partial charge in [-0.15, -0.1) is 5.10 Å². The number of tetrazole rings is 1. The first kappa shape index (κ1) is 20.7. The molecule has 1 fully saturated rings. The van der Waals surface area contributed by atoms with Crippen molar-refractivity contribution in [1.29, 1.82) is 0 Å². The predicted molar refractivity (Wildman–Crippen MR) is 119 cm³/mol. The van der Waals surface area contributed by atoms with Crippen LogP contribution in [0.15, 0.2) is 60.7 Å². The molecule has 1 aliphatic heterocycles. The summed E-state index contributed by atoms with van der Waals surface area (Å²) in [7, 11) is 0. The first-order valence-electron chi connectivity index (χ1n) is 10.9. The number of nitrogens with zero attached hydrogens (tertiary/aromatic N) is 6. The molecule has 0 unspecified atom stereocenters. The first-order valence-corrected chi connectivity index (χ1v) is 10.9. The maximum atomic E-state index is 4.52. The molecule has 0 saturated carbocycles. The molecule has 30 heavy (non-hydrogen) atoms. The van der Waals surface area contributed by atoms with E-state index in [2.05, 4.69) is 107 Å². The zero-order chi connectivity index (χ0) is 21.0. The van der Waals surface area contributed by atoms with Crippen molar-refractivity contribution in [2.75, 3.05) is 26.2 Å². The van der Waals surface area contributed by atoms with Gasteiger partial charge in [0.25, 0.3) is 0 Å². The molecule has 0 aliphatic carbocycles. The molecule has 0 N–H and O–H groups in total.